The Morgan fingerprint density at radius 2 is 1.83 bits per heavy atom. The summed E-state index contributed by atoms with van der Waals surface area (Å²) in [6, 6.07) is 9.89. The number of amides is 1. The van der Waals surface area contributed by atoms with Gasteiger partial charge in [0.05, 0.1) is 51.0 Å². The van der Waals surface area contributed by atoms with E-state index in [1.165, 1.54) is 0 Å². The van der Waals surface area contributed by atoms with Crippen LogP contribution in [0.4, 0.5) is 0 Å². The fraction of sp³-hybridized carbons (Fsp3) is 0.407. The second-order valence-electron chi connectivity index (χ2n) is 8.70. The molecule has 1 amide bonds. The largest absolute Gasteiger partial charge is 0.494 e. The van der Waals surface area contributed by atoms with Gasteiger partial charge in [0.25, 0.3) is 5.91 Å². The van der Waals surface area contributed by atoms with Gasteiger partial charge in [-0.2, -0.15) is 0 Å². The Morgan fingerprint density at radius 1 is 1.03 bits per heavy atom. The van der Waals surface area contributed by atoms with Crippen molar-refractivity contribution in [2.75, 3.05) is 60.2 Å². The maximum atomic E-state index is 13.8. The van der Waals surface area contributed by atoms with Crippen molar-refractivity contribution >= 4 is 16.9 Å². The van der Waals surface area contributed by atoms with Gasteiger partial charge in [0.15, 0.2) is 16.9 Å². The Hall–Kier alpha value is -3.56. The number of carbonyl (C=O) groups excluding carboxylic acids is 1. The molecule has 0 spiro atoms. The van der Waals surface area contributed by atoms with Crippen LogP contribution in [0.3, 0.4) is 0 Å². The third-order valence-electron chi connectivity index (χ3n) is 6.74. The van der Waals surface area contributed by atoms with Crippen LogP contribution in [0.25, 0.3) is 11.0 Å². The lowest BCUT2D eigenvalue weighted by Crippen LogP contribution is -2.42. The number of fused-ring (bicyclic) bond motifs is 2. The quantitative estimate of drug-likeness (QED) is 0.472. The first-order chi connectivity index (χ1) is 17.6. The number of rotatable bonds is 8. The summed E-state index contributed by atoms with van der Waals surface area (Å²) in [6.45, 7) is 6.33. The van der Waals surface area contributed by atoms with E-state index in [1.54, 1.807) is 43.4 Å². The molecule has 1 unspecified atom stereocenters. The van der Waals surface area contributed by atoms with E-state index >= 15 is 0 Å². The van der Waals surface area contributed by atoms with Crippen molar-refractivity contribution in [2.45, 2.75) is 13.0 Å². The zero-order chi connectivity index (χ0) is 25.2. The highest BCUT2D eigenvalue weighted by atomic mass is 16.5. The average Bonchev–Trinajstić information content (AvgIpc) is 3.19. The molecule has 0 saturated carbocycles. The zero-order valence-electron chi connectivity index (χ0n) is 20.7. The molecular weight excluding hydrogens is 464 g/mol. The lowest BCUT2D eigenvalue weighted by Gasteiger charge is -2.31. The van der Waals surface area contributed by atoms with E-state index in [4.69, 9.17) is 23.4 Å². The molecule has 1 aromatic heterocycles. The van der Waals surface area contributed by atoms with Gasteiger partial charge < -0.3 is 28.3 Å². The van der Waals surface area contributed by atoms with Crippen molar-refractivity contribution in [3.05, 3.63) is 63.5 Å². The molecule has 2 aromatic carbocycles. The van der Waals surface area contributed by atoms with Gasteiger partial charge in [-0.25, -0.2) is 0 Å². The summed E-state index contributed by atoms with van der Waals surface area (Å²) >= 11 is 0. The van der Waals surface area contributed by atoms with Crippen LogP contribution in [0.15, 0.2) is 45.6 Å². The summed E-state index contributed by atoms with van der Waals surface area (Å²) in [5.74, 6) is 1.31. The maximum absolute atomic E-state index is 13.8. The standard InChI is InChI=1S/C27H30N2O7/c1-4-35-17-8-9-18-21(16-17)36-26-22(24(18)30)23(19-6-5-7-20(32-2)25(19)33-3)29(27(26)31)11-10-28-12-14-34-15-13-28/h5-9,16,23H,4,10-15H2,1-3H3. The van der Waals surface area contributed by atoms with Crippen molar-refractivity contribution < 1.29 is 28.2 Å². The number of ether oxygens (including phenoxy) is 4. The summed E-state index contributed by atoms with van der Waals surface area (Å²) in [7, 11) is 3.11. The molecule has 9 heteroatoms. The number of methoxy groups -OCH3 is 2. The molecule has 3 aromatic rings. The summed E-state index contributed by atoms with van der Waals surface area (Å²) in [5.41, 5.74) is 1.06. The van der Waals surface area contributed by atoms with Gasteiger partial charge >= 0.3 is 0 Å². The Morgan fingerprint density at radius 3 is 2.56 bits per heavy atom. The smallest absolute Gasteiger partial charge is 0.290 e. The van der Waals surface area contributed by atoms with Crippen molar-refractivity contribution in [1.82, 2.24) is 9.80 Å². The third kappa shape index (κ3) is 4.18. The first-order valence-corrected chi connectivity index (χ1v) is 12.1. The van der Waals surface area contributed by atoms with E-state index in [1.807, 2.05) is 19.1 Å². The Labute approximate surface area is 209 Å². The molecule has 9 nitrogen and oxygen atoms in total. The maximum Gasteiger partial charge on any atom is 0.290 e. The molecular formula is C27H30N2O7. The monoisotopic (exact) mass is 494 g/mol. The molecule has 3 heterocycles. The van der Waals surface area contributed by atoms with Crippen molar-refractivity contribution in [3.8, 4) is 17.2 Å². The molecule has 1 atom stereocenters. The molecule has 2 aliphatic heterocycles. The van der Waals surface area contributed by atoms with Crippen molar-refractivity contribution in [1.29, 1.82) is 0 Å². The fourth-order valence-corrected chi connectivity index (χ4v) is 5.01. The molecule has 0 radical (unpaired) electrons. The van der Waals surface area contributed by atoms with Crippen LogP contribution in [0.1, 0.15) is 34.6 Å². The first-order valence-electron chi connectivity index (χ1n) is 12.1. The Bertz CT molecular complexity index is 1330. The number of carbonyl (C=O) groups is 1. The van der Waals surface area contributed by atoms with Crippen LogP contribution in [0, 0.1) is 0 Å². The van der Waals surface area contributed by atoms with Crippen LogP contribution < -0.4 is 19.6 Å². The number of benzene rings is 2. The lowest BCUT2D eigenvalue weighted by atomic mass is 9.97. The molecule has 1 saturated heterocycles. The number of hydrogen-bond donors (Lipinski definition) is 0. The van der Waals surface area contributed by atoms with Crippen molar-refractivity contribution in [3.63, 3.8) is 0 Å². The summed E-state index contributed by atoms with van der Waals surface area (Å²) in [6.07, 6.45) is 0. The van der Waals surface area contributed by atoms with Crippen LogP contribution in [0.5, 0.6) is 17.2 Å². The second-order valence-corrected chi connectivity index (χ2v) is 8.70. The summed E-state index contributed by atoms with van der Waals surface area (Å²) < 4.78 is 28.4. The Kier molecular flexibility index (Phi) is 6.84. The van der Waals surface area contributed by atoms with E-state index in [0.717, 1.165) is 13.1 Å². The fourth-order valence-electron chi connectivity index (χ4n) is 5.01. The van der Waals surface area contributed by atoms with Gasteiger partial charge in [-0.05, 0) is 25.1 Å². The highest BCUT2D eigenvalue weighted by Crippen LogP contribution is 2.44. The molecule has 36 heavy (non-hydrogen) atoms. The van der Waals surface area contributed by atoms with Gasteiger partial charge in [0.2, 0.25) is 5.76 Å². The number of nitrogens with zero attached hydrogens (tertiary/aromatic N) is 2. The number of para-hydroxylation sites is 1. The number of hydrogen-bond acceptors (Lipinski definition) is 8. The minimum atomic E-state index is -0.675. The van der Waals surface area contributed by atoms with Crippen LogP contribution >= 0.6 is 0 Å². The van der Waals surface area contributed by atoms with E-state index in [9.17, 15) is 9.59 Å². The Balaban J connectivity index is 1.65. The van der Waals surface area contributed by atoms with Gasteiger partial charge in [-0.1, -0.05) is 12.1 Å². The minimum absolute atomic E-state index is 0.0537. The normalized spacial score (nSPS) is 17.9. The first kappa shape index (κ1) is 24.1. The predicted molar refractivity (Wildman–Crippen MR) is 133 cm³/mol. The zero-order valence-corrected chi connectivity index (χ0v) is 20.7. The molecule has 0 bridgehead atoms. The molecule has 190 valence electrons. The van der Waals surface area contributed by atoms with E-state index in [0.29, 0.717) is 72.3 Å². The van der Waals surface area contributed by atoms with Gasteiger partial charge in [-0.3, -0.25) is 14.5 Å². The summed E-state index contributed by atoms with van der Waals surface area (Å²) in [4.78, 5) is 31.6. The lowest BCUT2D eigenvalue weighted by molar-refractivity contribution is 0.0314. The molecule has 5 rings (SSSR count). The van der Waals surface area contributed by atoms with E-state index in [-0.39, 0.29) is 17.1 Å². The number of morpholine rings is 1. The van der Waals surface area contributed by atoms with Crippen LogP contribution in [0.2, 0.25) is 0 Å². The van der Waals surface area contributed by atoms with Crippen LogP contribution in [-0.4, -0.2) is 75.9 Å². The average molecular weight is 495 g/mol. The van der Waals surface area contributed by atoms with E-state index < -0.39 is 6.04 Å². The molecule has 1 fully saturated rings. The highest BCUT2D eigenvalue weighted by Gasteiger charge is 2.44. The second kappa shape index (κ2) is 10.2. The van der Waals surface area contributed by atoms with Gasteiger partial charge in [0.1, 0.15) is 11.3 Å². The minimum Gasteiger partial charge on any atom is -0.494 e. The molecule has 2 aliphatic rings. The third-order valence-corrected chi connectivity index (χ3v) is 6.74. The van der Waals surface area contributed by atoms with Gasteiger partial charge in [-0.15, -0.1) is 0 Å². The molecule has 0 aliphatic carbocycles. The van der Waals surface area contributed by atoms with Crippen LogP contribution in [-0.2, 0) is 4.74 Å². The molecule has 0 N–H and O–H groups in total. The van der Waals surface area contributed by atoms with Gasteiger partial charge in [0, 0.05) is 37.8 Å². The van der Waals surface area contributed by atoms with Crippen molar-refractivity contribution in [2.24, 2.45) is 0 Å². The summed E-state index contributed by atoms with van der Waals surface area (Å²) in [5, 5.41) is 0.395. The predicted octanol–water partition coefficient (Wildman–Crippen LogP) is 3.09. The van der Waals surface area contributed by atoms with E-state index in [2.05, 4.69) is 4.90 Å². The topological polar surface area (TPSA) is 90.7 Å². The SMILES string of the molecule is CCOc1ccc2c(=O)c3c(oc2c1)C(=O)N(CCN1CCOCC1)C3c1cccc(OC)c1OC. The highest BCUT2D eigenvalue weighted by molar-refractivity contribution is 5.99.